The molecule has 2 atom stereocenters. The molecule has 5 heteroatoms. The number of benzene rings is 3. The van der Waals surface area contributed by atoms with Crippen LogP contribution in [0.4, 0.5) is 0 Å². The Labute approximate surface area is 193 Å². The number of amides is 1. The number of rotatable bonds is 7. The topological polar surface area (TPSA) is 52.5 Å². The van der Waals surface area contributed by atoms with E-state index in [1.165, 1.54) is 10.9 Å². The van der Waals surface area contributed by atoms with Gasteiger partial charge in [-0.1, -0.05) is 54.6 Å². The minimum atomic E-state index is -0.111. The molecule has 3 aromatic carbocycles. The van der Waals surface area contributed by atoms with E-state index in [9.17, 15) is 4.79 Å². The molecule has 0 saturated carbocycles. The molecule has 0 aliphatic carbocycles. The number of carbonyl (C=O) groups excluding carboxylic acids is 1. The van der Waals surface area contributed by atoms with Gasteiger partial charge in [-0.15, -0.1) is 0 Å². The van der Waals surface area contributed by atoms with Crippen LogP contribution in [-0.2, 0) is 11.3 Å². The number of fused-ring (bicyclic) bond motifs is 2. The van der Waals surface area contributed by atoms with E-state index in [0.29, 0.717) is 6.42 Å². The summed E-state index contributed by atoms with van der Waals surface area (Å²) in [5, 5.41) is 4.36. The number of carbonyl (C=O) groups is 1. The first-order valence-corrected chi connectivity index (χ1v) is 11.5. The molecule has 168 valence electrons. The molecule has 0 saturated heterocycles. The van der Waals surface area contributed by atoms with Gasteiger partial charge in [-0.2, -0.15) is 0 Å². The lowest BCUT2D eigenvalue weighted by molar-refractivity contribution is -0.121. The van der Waals surface area contributed by atoms with Crippen LogP contribution in [-0.4, -0.2) is 17.3 Å². The van der Waals surface area contributed by atoms with Crippen molar-refractivity contribution in [2.24, 2.45) is 0 Å². The molecule has 0 radical (unpaired) electrons. The third-order valence-electron chi connectivity index (χ3n) is 6.40. The van der Waals surface area contributed by atoms with E-state index in [2.05, 4.69) is 47.3 Å². The second-order valence-corrected chi connectivity index (χ2v) is 8.46. The van der Waals surface area contributed by atoms with Gasteiger partial charge in [-0.3, -0.25) is 4.79 Å². The number of nitrogens with zero attached hydrogens (tertiary/aromatic N) is 1. The summed E-state index contributed by atoms with van der Waals surface area (Å²) in [6, 6.07) is 24.4. The monoisotopic (exact) mass is 440 g/mol. The number of hydrogen-bond acceptors (Lipinski definition) is 3. The van der Waals surface area contributed by atoms with Crippen molar-refractivity contribution in [2.45, 2.75) is 38.8 Å². The third kappa shape index (κ3) is 4.19. The predicted octanol–water partition coefficient (Wildman–Crippen LogP) is 5.79. The number of hydrogen-bond donors (Lipinski definition) is 1. The molecule has 4 aromatic rings. The van der Waals surface area contributed by atoms with Crippen molar-refractivity contribution in [3.8, 4) is 11.5 Å². The number of aryl methyl sites for hydroxylation is 1. The first-order valence-electron chi connectivity index (χ1n) is 11.5. The summed E-state index contributed by atoms with van der Waals surface area (Å²) in [4.78, 5) is 13.3. The van der Waals surface area contributed by atoms with Gasteiger partial charge in [-0.05, 0) is 48.7 Å². The fourth-order valence-electron chi connectivity index (χ4n) is 4.66. The van der Waals surface area contributed by atoms with E-state index in [4.69, 9.17) is 9.47 Å². The lowest BCUT2D eigenvalue weighted by Crippen LogP contribution is -2.28. The van der Waals surface area contributed by atoms with Crippen LogP contribution in [0.1, 0.15) is 48.9 Å². The zero-order valence-electron chi connectivity index (χ0n) is 19.0. The molecule has 0 bridgehead atoms. The Morgan fingerprint density at radius 2 is 1.73 bits per heavy atom. The summed E-state index contributed by atoms with van der Waals surface area (Å²) < 4.78 is 13.4. The maximum Gasteiger partial charge on any atom is 0.231 e. The van der Waals surface area contributed by atoms with Crippen LogP contribution < -0.4 is 14.8 Å². The molecule has 0 spiro atoms. The Bertz CT molecular complexity index is 1280. The van der Waals surface area contributed by atoms with Crippen molar-refractivity contribution >= 4 is 16.8 Å². The molecule has 1 aromatic heterocycles. The summed E-state index contributed by atoms with van der Waals surface area (Å²) in [5.74, 6) is 1.38. The normalized spacial score (nSPS) is 14.2. The SMILES string of the molecule is CCn1cc([C@H](CC(=O)N[C@H](C)c2ccccc2)c2ccc3c(c2)OCO3)c2ccccc21. The molecule has 33 heavy (non-hydrogen) atoms. The molecule has 1 N–H and O–H groups in total. The second-order valence-electron chi connectivity index (χ2n) is 8.46. The Morgan fingerprint density at radius 1 is 0.970 bits per heavy atom. The van der Waals surface area contributed by atoms with E-state index in [1.54, 1.807) is 0 Å². The maximum atomic E-state index is 13.3. The minimum absolute atomic E-state index is 0.0161. The lowest BCUT2D eigenvalue weighted by Gasteiger charge is -2.20. The smallest absolute Gasteiger partial charge is 0.231 e. The number of aromatic nitrogens is 1. The van der Waals surface area contributed by atoms with E-state index in [0.717, 1.165) is 34.7 Å². The lowest BCUT2D eigenvalue weighted by atomic mass is 9.87. The van der Waals surface area contributed by atoms with Gasteiger partial charge in [0, 0.05) is 36.0 Å². The van der Waals surface area contributed by atoms with Gasteiger partial charge >= 0.3 is 0 Å². The van der Waals surface area contributed by atoms with Crippen LogP contribution in [0.5, 0.6) is 11.5 Å². The summed E-state index contributed by atoms with van der Waals surface area (Å²) in [6.07, 6.45) is 2.53. The van der Waals surface area contributed by atoms with Gasteiger partial charge in [0.1, 0.15) is 0 Å². The van der Waals surface area contributed by atoms with Crippen LogP contribution in [0.15, 0.2) is 79.0 Å². The fourth-order valence-corrected chi connectivity index (χ4v) is 4.66. The van der Waals surface area contributed by atoms with Crippen LogP contribution in [0.25, 0.3) is 10.9 Å². The van der Waals surface area contributed by atoms with E-state index in [1.807, 2.05) is 55.5 Å². The maximum absolute atomic E-state index is 13.3. The van der Waals surface area contributed by atoms with Gasteiger partial charge in [0.2, 0.25) is 12.7 Å². The highest BCUT2D eigenvalue weighted by atomic mass is 16.7. The van der Waals surface area contributed by atoms with Crippen molar-refractivity contribution in [1.82, 2.24) is 9.88 Å². The Kier molecular flexibility index (Phi) is 5.78. The van der Waals surface area contributed by atoms with Crippen LogP contribution in [0.2, 0.25) is 0 Å². The number of para-hydroxylation sites is 1. The van der Waals surface area contributed by atoms with E-state index >= 15 is 0 Å². The van der Waals surface area contributed by atoms with Gasteiger partial charge in [0.15, 0.2) is 11.5 Å². The van der Waals surface area contributed by atoms with Gasteiger partial charge in [-0.25, -0.2) is 0 Å². The van der Waals surface area contributed by atoms with E-state index in [-0.39, 0.29) is 24.7 Å². The highest BCUT2D eigenvalue weighted by molar-refractivity contribution is 5.87. The van der Waals surface area contributed by atoms with Crippen molar-refractivity contribution in [1.29, 1.82) is 0 Å². The minimum Gasteiger partial charge on any atom is -0.454 e. The molecule has 5 rings (SSSR count). The molecule has 5 nitrogen and oxygen atoms in total. The van der Waals surface area contributed by atoms with Crippen molar-refractivity contribution < 1.29 is 14.3 Å². The molecular formula is C28H28N2O3. The summed E-state index contributed by atoms with van der Waals surface area (Å²) in [5.41, 5.74) is 4.46. The largest absolute Gasteiger partial charge is 0.454 e. The van der Waals surface area contributed by atoms with Gasteiger partial charge in [0.25, 0.3) is 0 Å². The zero-order valence-corrected chi connectivity index (χ0v) is 19.0. The van der Waals surface area contributed by atoms with Crippen molar-refractivity contribution in [3.63, 3.8) is 0 Å². The molecule has 0 fully saturated rings. The quantitative estimate of drug-likeness (QED) is 0.396. The highest BCUT2D eigenvalue weighted by Gasteiger charge is 2.25. The average Bonchev–Trinajstić information content (AvgIpc) is 3.47. The molecule has 1 aliphatic rings. The third-order valence-corrected chi connectivity index (χ3v) is 6.40. The Morgan fingerprint density at radius 3 is 2.55 bits per heavy atom. The van der Waals surface area contributed by atoms with Crippen LogP contribution in [0, 0.1) is 0 Å². The first kappa shape index (κ1) is 21.1. The second kappa shape index (κ2) is 9.02. The van der Waals surface area contributed by atoms with E-state index < -0.39 is 0 Å². The number of ether oxygens (including phenoxy) is 2. The zero-order chi connectivity index (χ0) is 22.8. The average molecular weight is 441 g/mol. The summed E-state index contributed by atoms with van der Waals surface area (Å²) in [7, 11) is 0. The molecule has 0 unspecified atom stereocenters. The Balaban J connectivity index is 1.51. The molecule has 2 heterocycles. The molecular weight excluding hydrogens is 412 g/mol. The van der Waals surface area contributed by atoms with Crippen LogP contribution >= 0.6 is 0 Å². The summed E-state index contributed by atoms with van der Waals surface area (Å²) in [6.45, 7) is 5.26. The first-order chi connectivity index (χ1) is 16.1. The standard InChI is InChI=1S/C28H28N2O3/c1-3-30-17-24(22-11-7-8-12-25(22)30)23(21-13-14-26-27(15-21)33-18-32-26)16-28(31)29-19(2)20-9-5-4-6-10-20/h4-15,17,19,23H,3,16,18H2,1-2H3,(H,29,31)/t19-,23-/m1/s1. The van der Waals surface area contributed by atoms with Crippen molar-refractivity contribution in [2.75, 3.05) is 6.79 Å². The molecule has 1 amide bonds. The van der Waals surface area contributed by atoms with Gasteiger partial charge < -0.3 is 19.4 Å². The van der Waals surface area contributed by atoms with Gasteiger partial charge in [0.05, 0.1) is 6.04 Å². The fraction of sp³-hybridized carbons (Fsp3) is 0.250. The summed E-state index contributed by atoms with van der Waals surface area (Å²) >= 11 is 0. The predicted molar refractivity (Wildman–Crippen MR) is 130 cm³/mol. The van der Waals surface area contributed by atoms with Crippen molar-refractivity contribution in [3.05, 3.63) is 95.7 Å². The number of nitrogens with one attached hydrogen (secondary N) is 1. The Hall–Kier alpha value is -3.73. The molecule has 1 aliphatic heterocycles. The highest BCUT2D eigenvalue weighted by Crippen LogP contribution is 2.40. The van der Waals surface area contributed by atoms with Crippen LogP contribution in [0.3, 0.4) is 0 Å².